The van der Waals surface area contributed by atoms with Gasteiger partial charge in [-0.15, -0.1) is 0 Å². The van der Waals surface area contributed by atoms with Crippen molar-refractivity contribution in [3.05, 3.63) is 107 Å². The van der Waals surface area contributed by atoms with Crippen LogP contribution in [0.5, 0.6) is 0 Å². The van der Waals surface area contributed by atoms with Gasteiger partial charge in [0.05, 0.1) is 5.92 Å². The van der Waals surface area contributed by atoms with Crippen LogP contribution >= 0.6 is 0 Å². The third-order valence-corrected chi connectivity index (χ3v) is 9.89. The van der Waals surface area contributed by atoms with Gasteiger partial charge in [0.2, 0.25) is 5.91 Å². The summed E-state index contributed by atoms with van der Waals surface area (Å²) >= 11 is 0. The number of carbonyl (C=O) groups is 3. The molecule has 4 aromatic carbocycles. The van der Waals surface area contributed by atoms with Crippen LogP contribution in [0.1, 0.15) is 46.8 Å². The van der Waals surface area contributed by atoms with Crippen LogP contribution in [0.3, 0.4) is 0 Å². The summed E-state index contributed by atoms with van der Waals surface area (Å²) in [5, 5.41) is 8.30. The summed E-state index contributed by atoms with van der Waals surface area (Å²) in [6, 6.07) is 27.2. The second-order valence-corrected chi connectivity index (χ2v) is 11.5. The van der Waals surface area contributed by atoms with Crippen molar-refractivity contribution in [3.8, 4) is 0 Å². The van der Waals surface area contributed by atoms with Crippen LogP contribution in [-0.4, -0.2) is 35.1 Å². The van der Waals surface area contributed by atoms with E-state index in [-0.39, 0.29) is 23.6 Å². The largest absolute Gasteiger partial charge is 0.325 e. The maximum atomic E-state index is 14.9. The van der Waals surface area contributed by atoms with Crippen molar-refractivity contribution in [1.82, 2.24) is 4.90 Å². The lowest BCUT2D eigenvalue weighted by Crippen LogP contribution is -2.62. The summed E-state index contributed by atoms with van der Waals surface area (Å²) < 4.78 is 0. The maximum absolute atomic E-state index is 14.9. The molecular weight excluding hydrogens is 498 g/mol. The lowest BCUT2D eigenvalue weighted by atomic mass is 9.57. The molecule has 40 heavy (non-hydrogen) atoms. The van der Waals surface area contributed by atoms with Crippen LogP contribution in [0.2, 0.25) is 0 Å². The van der Waals surface area contributed by atoms with Crippen LogP contribution in [0.15, 0.2) is 84.9 Å². The van der Waals surface area contributed by atoms with E-state index in [9.17, 15) is 14.4 Å². The summed E-state index contributed by atoms with van der Waals surface area (Å²) in [6.45, 7) is 2.73. The van der Waals surface area contributed by atoms with Crippen molar-refractivity contribution < 1.29 is 14.4 Å². The van der Waals surface area contributed by atoms with E-state index in [0.717, 1.165) is 52.4 Å². The summed E-state index contributed by atoms with van der Waals surface area (Å²) in [6.07, 6.45) is 2.42. The number of benzene rings is 4. The van der Waals surface area contributed by atoms with Gasteiger partial charge >= 0.3 is 0 Å². The predicted molar refractivity (Wildman–Crippen MR) is 154 cm³/mol. The molecule has 2 amide bonds. The maximum Gasteiger partial charge on any atom is 0.251 e. The molecule has 4 aliphatic heterocycles. The summed E-state index contributed by atoms with van der Waals surface area (Å²) in [5.74, 6) is -1.31. The standard InChI is InChI=1S/C34H29N3O3/c1-2-20-13-16-27-25(18-20)34(32(40)36-27)33(24-10-5-6-11-26(24)35-31(33)39)29(28-12-7-17-37(28)34)30(38)23-15-14-21-8-3-4-9-22(21)19-23/h3-6,8-11,13-16,18-19,28-29H,2,7,12,17H2,1H3,(H,35,39)(H,36,40)/t28-,29-,33+,34-/m1/s1. The van der Waals surface area contributed by atoms with Crippen LogP contribution in [-0.2, 0) is 27.0 Å². The number of anilines is 2. The number of para-hydroxylation sites is 1. The molecule has 8 rings (SSSR count). The molecule has 4 heterocycles. The Bertz CT molecular complexity index is 1780. The highest BCUT2D eigenvalue weighted by Gasteiger charge is 2.81. The highest BCUT2D eigenvalue weighted by atomic mass is 16.2. The lowest BCUT2D eigenvalue weighted by Gasteiger charge is -2.43. The SMILES string of the molecule is CCc1ccc2c(c1)[C@]1(C(=O)N2)N2CCC[C@@H]2[C@H](C(=O)c2ccc3ccccc3c2)[C@@]12C(=O)Nc1ccccc12. The summed E-state index contributed by atoms with van der Waals surface area (Å²) in [5.41, 5.74) is 1.87. The highest BCUT2D eigenvalue weighted by molar-refractivity contribution is 6.21. The van der Waals surface area contributed by atoms with Gasteiger partial charge in [0.15, 0.2) is 5.78 Å². The van der Waals surface area contributed by atoms with E-state index in [1.807, 2.05) is 78.9 Å². The summed E-state index contributed by atoms with van der Waals surface area (Å²) in [7, 11) is 0. The Balaban J connectivity index is 1.45. The molecule has 4 aromatic rings. The van der Waals surface area contributed by atoms with Crippen LogP contribution in [0, 0.1) is 5.92 Å². The smallest absolute Gasteiger partial charge is 0.251 e. The monoisotopic (exact) mass is 527 g/mol. The van der Waals surface area contributed by atoms with E-state index in [1.54, 1.807) is 0 Å². The second-order valence-electron chi connectivity index (χ2n) is 11.5. The molecule has 0 unspecified atom stereocenters. The number of amides is 2. The number of nitrogens with one attached hydrogen (secondary N) is 2. The number of hydrogen-bond acceptors (Lipinski definition) is 4. The third-order valence-electron chi connectivity index (χ3n) is 9.89. The minimum absolute atomic E-state index is 0.0840. The molecule has 0 bridgehead atoms. The van der Waals surface area contributed by atoms with Crippen molar-refractivity contribution in [1.29, 1.82) is 0 Å². The quantitative estimate of drug-likeness (QED) is 0.349. The number of ketones is 1. The number of hydrogen-bond donors (Lipinski definition) is 2. The van der Waals surface area contributed by atoms with E-state index in [0.29, 0.717) is 17.8 Å². The normalized spacial score (nSPS) is 28.1. The van der Waals surface area contributed by atoms with Crippen molar-refractivity contribution in [2.24, 2.45) is 5.92 Å². The molecule has 6 nitrogen and oxygen atoms in total. The van der Waals surface area contributed by atoms with Crippen molar-refractivity contribution in [2.75, 3.05) is 17.2 Å². The van der Waals surface area contributed by atoms with Crippen LogP contribution < -0.4 is 10.6 Å². The average Bonchev–Trinajstić information content (AvgIpc) is 3.70. The van der Waals surface area contributed by atoms with Crippen molar-refractivity contribution >= 4 is 39.7 Å². The number of Topliss-reactive ketones (excluding diaryl/α,β-unsaturated/α-hetero) is 1. The van der Waals surface area contributed by atoms with Gasteiger partial charge in [-0.25, -0.2) is 0 Å². The van der Waals surface area contributed by atoms with Crippen molar-refractivity contribution in [2.45, 2.75) is 43.2 Å². The second kappa shape index (κ2) is 8.12. The zero-order valence-corrected chi connectivity index (χ0v) is 22.2. The van der Waals surface area contributed by atoms with Crippen LogP contribution in [0.4, 0.5) is 11.4 Å². The van der Waals surface area contributed by atoms with Gasteiger partial charge < -0.3 is 10.6 Å². The fourth-order valence-corrected chi connectivity index (χ4v) is 8.37. The Morgan fingerprint density at radius 1 is 0.850 bits per heavy atom. The lowest BCUT2D eigenvalue weighted by molar-refractivity contribution is -0.137. The number of nitrogens with zero attached hydrogens (tertiary/aromatic N) is 1. The predicted octanol–water partition coefficient (Wildman–Crippen LogP) is 5.42. The molecule has 4 atom stereocenters. The Hall–Kier alpha value is -4.29. The molecule has 4 aliphatic rings. The topological polar surface area (TPSA) is 78.5 Å². The van der Waals surface area contributed by atoms with E-state index in [4.69, 9.17) is 0 Å². The first-order chi connectivity index (χ1) is 19.5. The van der Waals surface area contributed by atoms with Gasteiger partial charge in [-0.2, -0.15) is 0 Å². The number of carbonyl (C=O) groups excluding carboxylic acids is 3. The zero-order valence-electron chi connectivity index (χ0n) is 22.2. The Morgan fingerprint density at radius 3 is 2.45 bits per heavy atom. The fourth-order valence-electron chi connectivity index (χ4n) is 8.37. The molecule has 2 spiro atoms. The van der Waals surface area contributed by atoms with E-state index in [2.05, 4.69) is 28.5 Å². The van der Waals surface area contributed by atoms with E-state index in [1.165, 1.54) is 0 Å². The molecule has 0 aromatic heterocycles. The molecular formula is C34H29N3O3. The Morgan fingerprint density at radius 2 is 1.60 bits per heavy atom. The van der Waals surface area contributed by atoms with Crippen LogP contribution in [0.25, 0.3) is 10.8 Å². The van der Waals surface area contributed by atoms with Gasteiger partial charge in [0, 0.05) is 28.5 Å². The molecule has 0 saturated carbocycles. The minimum Gasteiger partial charge on any atom is -0.325 e. The highest BCUT2D eigenvalue weighted by Crippen LogP contribution is 2.67. The molecule has 0 aliphatic carbocycles. The van der Waals surface area contributed by atoms with E-state index >= 15 is 0 Å². The number of aryl methyl sites for hydroxylation is 1. The number of fused-ring (bicyclic) bond motifs is 8. The zero-order chi connectivity index (χ0) is 27.2. The van der Waals surface area contributed by atoms with E-state index < -0.39 is 16.9 Å². The minimum atomic E-state index is -1.42. The van der Waals surface area contributed by atoms with Gasteiger partial charge in [-0.05, 0) is 65.9 Å². The fraction of sp³-hybridized carbons (Fsp3) is 0.265. The van der Waals surface area contributed by atoms with Crippen molar-refractivity contribution in [3.63, 3.8) is 0 Å². The van der Waals surface area contributed by atoms with Gasteiger partial charge in [0.25, 0.3) is 5.91 Å². The number of rotatable bonds is 3. The van der Waals surface area contributed by atoms with Gasteiger partial charge in [-0.3, -0.25) is 19.3 Å². The first-order valence-electron chi connectivity index (χ1n) is 14.2. The molecule has 6 heteroatoms. The molecule has 2 saturated heterocycles. The molecule has 2 N–H and O–H groups in total. The molecule has 2 fully saturated rings. The summed E-state index contributed by atoms with van der Waals surface area (Å²) in [4.78, 5) is 46.3. The average molecular weight is 528 g/mol. The Kier molecular flexibility index (Phi) is 4.79. The Labute approximate surface area is 232 Å². The molecule has 0 radical (unpaired) electrons. The first-order valence-corrected chi connectivity index (χ1v) is 14.2. The molecule has 198 valence electrons. The first kappa shape index (κ1) is 23.6. The van der Waals surface area contributed by atoms with Gasteiger partial charge in [-0.1, -0.05) is 73.7 Å². The third kappa shape index (κ3) is 2.65. The van der Waals surface area contributed by atoms with Gasteiger partial charge in [0.1, 0.15) is 11.0 Å².